The number of pyridine rings is 1. The van der Waals surface area contributed by atoms with Crippen LogP contribution in [0.25, 0.3) is 5.82 Å². The summed E-state index contributed by atoms with van der Waals surface area (Å²) in [5, 5.41) is 8.65. The molecule has 6 heteroatoms. The normalized spacial score (nSPS) is 17.2. The SMILES string of the molecule is Cc1cc(C)n(-c2ccc(C(=O)N3CCCC3c3ccsc3)cn2)n1. The highest BCUT2D eigenvalue weighted by molar-refractivity contribution is 7.08. The van der Waals surface area contributed by atoms with Gasteiger partial charge in [0.25, 0.3) is 5.91 Å². The minimum atomic E-state index is 0.0566. The average molecular weight is 352 g/mol. The van der Waals surface area contributed by atoms with Crippen LogP contribution in [0.15, 0.2) is 41.2 Å². The van der Waals surface area contributed by atoms with Gasteiger partial charge in [-0.05, 0) is 67.3 Å². The number of hydrogen-bond donors (Lipinski definition) is 0. The van der Waals surface area contributed by atoms with Crippen LogP contribution in [0, 0.1) is 13.8 Å². The molecule has 4 heterocycles. The Labute approximate surface area is 150 Å². The van der Waals surface area contributed by atoms with E-state index in [1.54, 1.807) is 22.2 Å². The topological polar surface area (TPSA) is 51.0 Å². The second-order valence-corrected chi connectivity index (χ2v) is 7.24. The fourth-order valence-corrected chi connectivity index (χ4v) is 4.19. The van der Waals surface area contributed by atoms with Gasteiger partial charge in [-0.3, -0.25) is 4.79 Å². The number of aryl methyl sites for hydroxylation is 2. The number of aromatic nitrogens is 3. The Kier molecular flexibility index (Phi) is 4.13. The van der Waals surface area contributed by atoms with E-state index in [9.17, 15) is 4.79 Å². The zero-order valence-electron chi connectivity index (χ0n) is 14.3. The Morgan fingerprint density at radius 2 is 2.16 bits per heavy atom. The first kappa shape index (κ1) is 16.0. The van der Waals surface area contributed by atoms with Crippen LogP contribution in [0.1, 0.15) is 46.2 Å². The number of nitrogens with zero attached hydrogens (tertiary/aromatic N) is 4. The average Bonchev–Trinajstić information content (AvgIpc) is 3.34. The molecular weight excluding hydrogens is 332 g/mol. The predicted octanol–water partition coefficient (Wildman–Crippen LogP) is 3.92. The second-order valence-electron chi connectivity index (χ2n) is 6.46. The van der Waals surface area contributed by atoms with Crippen LogP contribution in [-0.4, -0.2) is 32.1 Å². The smallest absolute Gasteiger partial charge is 0.255 e. The van der Waals surface area contributed by atoms with Gasteiger partial charge in [-0.15, -0.1) is 0 Å². The van der Waals surface area contributed by atoms with Crippen molar-refractivity contribution < 1.29 is 4.79 Å². The highest BCUT2D eigenvalue weighted by atomic mass is 32.1. The van der Waals surface area contributed by atoms with Gasteiger partial charge in [0.15, 0.2) is 5.82 Å². The van der Waals surface area contributed by atoms with Gasteiger partial charge < -0.3 is 4.90 Å². The molecule has 0 saturated carbocycles. The summed E-state index contributed by atoms with van der Waals surface area (Å²) in [7, 11) is 0. The summed E-state index contributed by atoms with van der Waals surface area (Å²) in [4.78, 5) is 19.4. The second kappa shape index (κ2) is 6.44. The van der Waals surface area contributed by atoms with Crippen molar-refractivity contribution in [3.05, 3.63) is 63.7 Å². The van der Waals surface area contributed by atoms with E-state index in [1.165, 1.54) is 5.56 Å². The van der Waals surface area contributed by atoms with Crippen molar-refractivity contribution in [2.24, 2.45) is 0 Å². The Hall–Kier alpha value is -2.47. The van der Waals surface area contributed by atoms with Crippen LogP contribution in [0.3, 0.4) is 0 Å². The fourth-order valence-electron chi connectivity index (χ4n) is 3.49. The molecule has 1 unspecified atom stereocenters. The Morgan fingerprint density at radius 3 is 2.80 bits per heavy atom. The van der Waals surface area contributed by atoms with E-state index in [0.717, 1.165) is 36.6 Å². The molecular formula is C19H20N4OS. The number of carbonyl (C=O) groups excluding carboxylic acids is 1. The Bertz CT molecular complexity index is 883. The molecule has 3 aromatic heterocycles. The van der Waals surface area contributed by atoms with Gasteiger partial charge in [0.05, 0.1) is 17.3 Å². The van der Waals surface area contributed by atoms with E-state index < -0.39 is 0 Å². The van der Waals surface area contributed by atoms with E-state index >= 15 is 0 Å². The molecule has 25 heavy (non-hydrogen) atoms. The first-order valence-corrected chi connectivity index (χ1v) is 9.40. The molecule has 0 aliphatic carbocycles. The monoisotopic (exact) mass is 352 g/mol. The zero-order chi connectivity index (χ0) is 17.4. The van der Waals surface area contributed by atoms with Gasteiger partial charge in [-0.2, -0.15) is 16.4 Å². The maximum Gasteiger partial charge on any atom is 0.255 e. The minimum Gasteiger partial charge on any atom is -0.332 e. The van der Waals surface area contributed by atoms with Gasteiger partial charge in [-0.25, -0.2) is 9.67 Å². The molecule has 1 amide bonds. The van der Waals surface area contributed by atoms with Crippen LogP contribution in [-0.2, 0) is 0 Å². The van der Waals surface area contributed by atoms with Crippen LogP contribution in [0.2, 0.25) is 0 Å². The number of likely N-dealkylation sites (tertiary alicyclic amines) is 1. The predicted molar refractivity (Wildman–Crippen MR) is 98.2 cm³/mol. The van der Waals surface area contributed by atoms with Crippen LogP contribution < -0.4 is 0 Å². The van der Waals surface area contributed by atoms with Crippen molar-refractivity contribution in [2.75, 3.05) is 6.54 Å². The van der Waals surface area contributed by atoms with Gasteiger partial charge in [0, 0.05) is 18.4 Å². The molecule has 3 aromatic rings. The van der Waals surface area contributed by atoms with Gasteiger partial charge in [-0.1, -0.05) is 0 Å². The lowest BCUT2D eigenvalue weighted by molar-refractivity contribution is 0.0735. The maximum absolute atomic E-state index is 12.9. The van der Waals surface area contributed by atoms with E-state index in [1.807, 2.05) is 36.9 Å². The summed E-state index contributed by atoms with van der Waals surface area (Å²) < 4.78 is 1.80. The quantitative estimate of drug-likeness (QED) is 0.718. The number of hydrogen-bond acceptors (Lipinski definition) is 4. The summed E-state index contributed by atoms with van der Waals surface area (Å²) in [6, 6.07) is 8.03. The fraction of sp³-hybridized carbons (Fsp3) is 0.316. The number of rotatable bonds is 3. The highest BCUT2D eigenvalue weighted by Crippen LogP contribution is 2.34. The molecule has 5 nitrogen and oxygen atoms in total. The number of amides is 1. The summed E-state index contributed by atoms with van der Waals surface area (Å²) in [6.45, 7) is 4.76. The lowest BCUT2D eigenvalue weighted by Crippen LogP contribution is -2.30. The summed E-state index contributed by atoms with van der Waals surface area (Å²) in [5.74, 6) is 0.791. The summed E-state index contributed by atoms with van der Waals surface area (Å²) in [5.41, 5.74) is 3.85. The molecule has 128 valence electrons. The van der Waals surface area contributed by atoms with Gasteiger partial charge >= 0.3 is 0 Å². The van der Waals surface area contributed by atoms with Gasteiger partial charge in [0.2, 0.25) is 0 Å². The lowest BCUT2D eigenvalue weighted by atomic mass is 10.1. The molecule has 0 aromatic carbocycles. The lowest BCUT2D eigenvalue weighted by Gasteiger charge is -2.24. The minimum absolute atomic E-state index is 0.0566. The maximum atomic E-state index is 12.9. The molecule has 4 rings (SSSR count). The third-order valence-corrected chi connectivity index (χ3v) is 5.36. The van der Waals surface area contributed by atoms with E-state index in [2.05, 4.69) is 26.9 Å². The van der Waals surface area contributed by atoms with E-state index in [4.69, 9.17) is 0 Å². The summed E-state index contributed by atoms with van der Waals surface area (Å²) in [6.07, 6.45) is 3.74. The zero-order valence-corrected chi connectivity index (χ0v) is 15.2. The third-order valence-electron chi connectivity index (χ3n) is 4.66. The molecule has 1 atom stereocenters. The Morgan fingerprint density at radius 1 is 1.28 bits per heavy atom. The van der Waals surface area contributed by atoms with Crippen molar-refractivity contribution in [1.29, 1.82) is 0 Å². The van der Waals surface area contributed by atoms with Gasteiger partial charge in [0.1, 0.15) is 0 Å². The number of carbonyl (C=O) groups is 1. The van der Waals surface area contributed by atoms with Crippen molar-refractivity contribution >= 4 is 17.2 Å². The van der Waals surface area contributed by atoms with Crippen LogP contribution in [0.5, 0.6) is 0 Å². The van der Waals surface area contributed by atoms with E-state index in [0.29, 0.717) is 5.56 Å². The van der Waals surface area contributed by atoms with Crippen molar-refractivity contribution in [1.82, 2.24) is 19.7 Å². The summed E-state index contributed by atoms with van der Waals surface area (Å²) >= 11 is 1.68. The van der Waals surface area contributed by atoms with Crippen LogP contribution >= 0.6 is 11.3 Å². The first-order valence-electron chi connectivity index (χ1n) is 8.46. The molecule has 0 N–H and O–H groups in total. The molecule has 1 aliphatic heterocycles. The molecule has 0 bridgehead atoms. The standard InChI is InChI=1S/C19H20N4OS/c1-13-10-14(2)23(21-13)18-6-5-15(11-20-18)19(24)22-8-3-4-17(22)16-7-9-25-12-16/h5-7,9-12,17H,3-4,8H2,1-2H3. The largest absolute Gasteiger partial charge is 0.332 e. The Balaban J connectivity index is 1.57. The van der Waals surface area contributed by atoms with Crippen LogP contribution in [0.4, 0.5) is 0 Å². The molecule has 1 saturated heterocycles. The molecule has 0 spiro atoms. The first-order chi connectivity index (χ1) is 12.1. The number of thiophene rings is 1. The molecule has 0 radical (unpaired) electrons. The third kappa shape index (κ3) is 2.98. The molecule has 1 fully saturated rings. The van der Waals surface area contributed by atoms with Crippen molar-refractivity contribution in [3.8, 4) is 5.82 Å². The molecule has 1 aliphatic rings. The van der Waals surface area contributed by atoms with Crippen molar-refractivity contribution in [3.63, 3.8) is 0 Å². The van der Waals surface area contributed by atoms with Crippen molar-refractivity contribution in [2.45, 2.75) is 32.7 Å². The highest BCUT2D eigenvalue weighted by Gasteiger charge is 2.30. The van der Waals surface area contributed by atoms with E-state index in [-0.39, 0.29) is 11.9 Å².